The van der Waals surface area contributed by atoms with Crippen LogP contribution in [0.25, 0.3) is 10.2 Å². The molecular formula is C19H19N5O3S2. The number of fused-ring (bicyclic) bond motifs is 1. The maximum absolute atomic E-state index is 12.2. The van der Waals surface area contributed by atoms with Crippen LogP contribution >= 0.6 is 23.1 Å². The number of anilines is 1. The molecule has 0 spiro atoms. The van der Waals surface area contributed by atoms with Gasteiger partial charge in [-0.25, -0.2) is 9.97 Å². The maximum atomic E-state index is 12.2. The van der Waals surface area contributed by atoms with Gasteiger partial charge in [0, 0.05) is 12.6 Å². The molecule has 0 unspecified atom stereocenters. The zero-order valence-electron chi connectivity index (χ0n) is 15.7. The molecule has 3 aromatic rings. The lowest BCUT2D eigenvalue weighted by molar-refractivity contribution is -0.120. The third kappa shape index (κ3) is 6.00. The molecule has 0 atom stereocenters. The van der Waals surface area contributed by atoms with E-state index in [-0.39, 0.29) is 34.7 Å². The van der Waals surface area contributed by atoms with Crippen LogP contribution in [-0.4, -0.2) is 39.1 Å². The molecule has 0 saturated carbocycles. The monoisotopic (exact) mass is 429 g/mol. The summed E-state index contributed by atoms with van der Waals surface area (Å²) < 4.78 is 1.00. The first-order valence-corrected chi connectivity index (χ1v) is 10.5. The molecule has 0 aliphatic heterocycles. The maximum Gasteiger partial charge on any atom is 0.251 e. The predicted molar refractivity (Wildman–Crippen MR) is 115 cm³/mol. The molecule has 1 aromatic carbocycles. The van der Waals surface area contributed by atoms with E-state index in [4.69, 9.17) is 0 Å². The number of carbonyl (C=O) groups is 2. The zero-order chi connectivity index (χ0) is 20.8. The standard InChI is InChI=1S/C19H19N5O3S2/c1-3-6-20-15(25)8-12-9-16(26)23-18(21-12)28-10-17(27)24-19-22-13-5-4-11(2)7-14(13)29-19/h3-5,7,9H,1,6,8,10H2,2H3,(H,20,25)(H,21,23,26)(H,22,24,27). The van der Waals surface area contributed by atoms with Gasteiger partial charge in [0.2, 0.25) is 11.8 Å². The minimum absolute atomic E-state index is 0.0252. The number of H-pyrrole nitrogens is 1. The normalized spacial score (nSPS) is 10.7. The van der Waals surface area contributed by atoms with E-state index in [1.54, 1.807) is 6.08 Å². The Morgan fingerprint density at radius 3 is 2.90 bits per heavy atom. The largest absolute Gasteiger partial charge is 0.352 e. The van der Waals surface area contributed by atoms with Gasteiger partial charge in [-0.2, -0.15) is 0 Å². The fourth-order valence-corrected chi connectivity index (χ4v) is 4.10. The molecule has 10 heteroatoms. The zero-order valence-corrected chi connectivity index (χ0v) is 17.3. The number of rotatable bonds is 8. The fraction of sp³-hybridized carbons (Fsp3) is 0.211. The van der Waals surface area contributed by atoms with Gasteiger partial charge in [0.1, 0.15) is 0 Å². The molecular weight excluding hydrogens is 410 g/mol. The topological polar surface area (TPSA) is 117 Å². The summed E-state index contributed by atoms with van der Waals surface area (Å²) in [5.74, 6) is -0.477. The minimum atomic E-state index is -0.379. The summed E-state index contributed by atoms with van der Waals surface area (Å²) in [5, 5.41) is 6.18. The number of aromatic nitrogens is 3. The van der Waals surface area contributed by atoms with Crippen molar-refractivity contribution in [3.63, 3.8) is 0 Å². The highest BCUT2D eigenvalue weighted by Gasteiger charge is 2.11. The van der Waals surface area contributed by atoms with Crippen LogP contribution in [-0.2, 0) is 16.0 Å². The molecule has 2 heterocycles. The van der Waals surface area contributed by atoms with Gasteiger partial charge in [0.15, 0.2) is 10.3 Å². The number of hydrogen-bond donors (Lipinski definition) is 3. The number of carbonyl (C=O) groups excluding carboxylic acids is 2. The summed E-state index contributed by atoms with van der Waals surface area (Å²) in [4.78, 5) is 47.0. The molecule has 0 bridgehead atoms. The van der Waals surface area contributed by atoms with E-state index in [0.717, 1.165) is 27.5 Å². The van der Waals surface area contributed by atoms with E-state index >= 15 is 0 Å². The van der Waals surface area contributed by atoms with Crippen LogP contribution in [0.1, 0.15) is 11.3 Å². The molecule has 0 fully saturated rings. The average Bonchev–Trinajstić information content (AvgIpc) is 3.05. The van der Waals surface area contributed by atoms with Crippen LogP contribution in [0.3, 0.4) is 0 Å². The lowest BCUT2D eigenvalue weighted by Crippen LogP contribution is -2.26. The Balaban J connectivity index is 1.59. The predicted octanol–water partition coefficient (Wildman–Crippen LogP) is 2.26. The Morgan fingerprint density at radius 1 is 1.28 bits per heavy atom. The summed E-state index contributed by atoms with van der Waals surface area (Å²) in [6.45, 7) is 5.87. The summed E-state index contributed by atoms with van der Waals surface area (Å²) in [6, 6.07) is 7.16. The number of aryl methyl sites for hydroxylation is 1. The molecule has 0 saturated heterocycles. The number of amides is 2. The highest BCUT2D eigenvalue weighted by atomic mass is 32.2. The summed E-state index contributed by atoms with van der Waals surface area (Å²) in [6.07, 6.45) is 1.54. The molecule has 0 aliphatic carbocycles. The van der Waals surface area contributed by atoms with E-state index in [2.05, 4.69) is 32.2 Å². The van der Waals surface area contributed by atoms with Gasteiger partial charge < -0.3 is 15.6 Å². The summed E-state index contributed by atoms with van der Waals surface area (Å²) in [5.41, 5.74) is 1.91. The van der Waals surface area contributed by atoms with Crippen molar-refractivity contribution in [2.24, 2.45) is 0 Å². The van der Waals surface area contributed by atoms with Crippen molar-refractivity contribution >= 4 is 50.3 Å². The first-order chi connectivity index (χ1) is 13.9. The molecule has 3 rings (SSSR count). The second-order valence-electron chi connectivity index (χ2n) is 6.14. The average molecular weight is 430 g/mol. The van der Waals surface area contributed by atoms with E-state index in [1.165, 1.54) is 17.4 Å². The third-order valence-electron chi connectivity index (χ3n) is 3.69. The van der Waals surface area contributed by atoms with E-state index in [9.17, 15) is 14.4 Å². The van der Waals surface area contributed by atoms with Crippen LogP contribution in [0.4, 0.5) is 5.13 Å². The van der Waals surface area contributed by atoms with Gasteiger partial charge in [-0.05, 0) is 24.6 Å². The van der Waals surface area contributed by atoms with Crippen molar-refractivity contribution in [3.05, 3.63) is 58.5 Å². The fourth-order valence-electron chi connectivity index (χ4n) is 2.43. The van der Waals surface area contributed by atoms with Crippen molar-refractivity contribution in [2.75, 3.05) is 17.6 Å². The molecule has 29 heavy (non-hydrogen) atoms. The van der Waals surface area contributed by atoms with Crippen molar-refractivity contribution in [1.82, 2.24) is 20.3 Å². The van der Waals surface area contributed by atoms with E-state index in [1.807, 2.05) is 25.1 Å². The molecule has 2 aromatic heterocycles. The number of thioether (sulfide) groups is 1. The van der Waals surface area contributed by atoms with Crippen molar-refractivity contribution in [2.45, 2.75) is 18.5 Å². The smallest absolute Gasteiger partial charge is 0.251 e. The number of aromatic amines is 1. The minimum Gasteiger partial charge on any atom is -0.352 e. The van der Waals surface area contributed by atoms with Gasteiger partial charge in [0.05, 0.1) is 28.1 Å². The lowest BCUT2D eigenvalue weighted by atomic mass is 10.2. The van der Waals surface area contributed by atoms with Gasteiger partial charge in [0.25, 0.3) is 5.56 Å². The molecule has 150 valence electrons. The quantitative estimate of drug-likeness (QED) is 0.287. The Morgan fingerprint density at radius 2 is 2.10 bits per heavy atom. The van der Waals surface area contributed by atoms with Crippen LogP contribution in [0, 0.1) is 6.92 Å². The van der Waals surface area contributed by atoms with Crippen molar-refractivity contribution < 1.29 is 9.59 Å². The number of nitrogens with one attached hydrogen (secondary N) is 3. The molecule has 8 nitrogen and oxygen atoms in total. The lowest BCUT2D eigenvalue weighted by Gasteiger charge is -2.05. The van der Waals surface area contributed by atoms with Gasteiger partial charge in [-0.1, -0.05) is 35.2 Å². The second kappa shape index (κ2) is 9.48. The first-order valence-electron chi connectivity index (χ1n) is 8.70. The van der Waals surface area contributed by atoms with Gasteiger partial charge in [-0.15, -0.1) is 6.58 Å². The summed E-state index contributed by atoms with van der Waals surface area (Å²) in [7, 11) is 0. The number of benzene rings is 1. The number of nitrogens with zero attached hydrogens (tertiary/aromatic N) is 2. The van der Waals surface area contributed by atoms with Crippen LogP contribution in [0.2, 0.25) is 0 Å². The number of hydrogen-bond acceptors (Lipinski definition) is 7. The molecule has 2 amide bonds. The Bertz CT molecular complexity index is 1120. The molecule has 3 N–H and O–H groups in total. The Labute approximate surface area is 174 Å². The van der Waals surface area contributed by atoms with Crippen molar-refractivity contribution in [1.29, 1.82) is 0 Å². The van der Waals surface area contributed by atoms with Crippen LogP contribution in [0.5, 0.6) is 0 Å². The van der Waals surface area contributed by atoms with Crippen molar-refractivity contribution in [3.8, 4) is 0 Å². The number of thiazole rings is 1. The van der Waals surface area contributed by atoms with E-state index in [0.29, 0.717) is 17.4 Å². The highest BCUT2D eigenvalue weighted by molar-refractivity contribution is 7.99. The van der Waals surface area contributed by atoms with Gasteiger partial charge >= 0.3 is 0 Å². The second-order valence-corrected chi connectivity index (χ2v) is 8.13. The van der Waals surface area contributed by atoms with Gasteiger partial charge in [-0.3, -0.25) is 14.4 Å². The third-order valence-corrected chi connectivity index (χ3v) is 5.50. The molecule has 0 aliphatic rings. The van der Waals surface area contributed by atoms with Crippen LogP contribution in [0.15, 0.2) is 46.9 Å². The van der Waals surface area contributed by atoms with Crippen LogP contribution < -0.4 is 16.2 Å². The Kier molecular flexibility index (Phi) is 6.78. The van der Waals surface area contributed by atoms with E-state index < -0.39 is 0 Å². The summed E-state index contributed by atoms with van der Waals surface area (Å²) >= 11 is 2.48. The SMILES string of the molecule is C=CCNC(=O)Cc1cc(=O)[nH]c(SCC(=O)Nc2nc3ccc(C)cc3s2)n1. The highest BCUT2D eigenvalue weighted by Crippen LogP contribution is 2.26. The Hall–Kier alpha value is -2.98. The molecule has 0 radical (unpaired) electrons. The first kappa shape index (κ1) is 20.7.